The summed E-state index contributed by atoms with van der Waals surface area (Å²) in [5.41, 5.74) is 0.952. The molecule has 0 aliphatic carbocycles. The number of likely N-dealkylation sites (tertiary alicyclic amines) is 1. The first kappa shape index (κ1) is 26.6. The Balaban J connectivity index is 1.42. The molecular formula is C25H40N4O4S. The van der Waals surface area contributed by atoms with E-state index < -0.39 is 10.0 Å². The molecule has 2 aliphatic heterocycles. The Morgan fingerprint density at radius 1 is 0.794 bits per heavy atom. The van der Waals surface area contributed by atoms with Crippen LogP contribution in [0.25, 0.3) is 0 Å². The minimum absolute atomic E-state index is 0.110. The molecule has 0 aromatic heterocycles. The van der Waals surface area contributed by atoms with E-state index >= 15 is 0 Å². The Labute approximate surface area is 204 Å². The highest BCUT2D eigenvalue weighted by atomic mass is 32.2. The molecule has 2 aliphatic rings. The van der Waals surface area contributed by atoms with Crippen LogP contribution in [-0.2, 0) is 26.0 Å². The van der Waals surface area contributed by atoms with Crippen molar-refractivity contribution in [1.82, 2.24) is 19.0 Å². The molecule has 0 N–H and O–H groups in total. The average Bonchev–Trinajstić information content (AvgIpc) is 3.14. The summed E-state index contributed by atoms with van der Waals surface area (Å²) in [6.45, 7) is 9.48. The standard InChI is InChI=1S/C25H40N4O4S/c1-3-29(4-2)34(32,33)23-12-9-22(10-13-23)11-14-24(30)28-19-17-26(18-20-28)21-25(31)27-15-7-5-6-8-16-27/h9-10,12-13H,3-8,11,14-21H2,1-2H3. The molecular weight excluding hydrogens is 452 g/mol. The van der Waals surface area contributed by atoms with Gasteiger partial charge >= 0.3 is 0 Å². The Morgan fingerprint density at radius 3 is 1.91 bits per heavy atom. The van der Waals surface area contributed by atoms with Crippen molar-refractivity contribution < 1.29 is 18.0 Å². The maximum Gasteiger partial charge on any atom is 0.243 e. The third-order valence-electron chi connectivity index (χ3n) is 6.94. The lowest BCUT2D eigenvalue weighted by molar-refractivity contribution is -0.135. The molecule has 0 saturated carbocycles. The van der Waals surface area contributed by atoms with Crippen molar-refractivity contribution in [2.75, 3.05) is 58.9 Å². The molecule has 9 heteroatoms. The van der Waals surface area contributed by atoms with Gasteiger partial charge in [0.1, 0.15) is 0 Å². The summed E-state index contributed by atoms with van der Waals surface area (Å²) in [6, 6.07) is 6.87. The van der Waals surface area contributed by atoms with Gasteiger partial charge in [0.2, 0.25) is 21.8 Å². The number of hydrogen-bond acceptors (Lipinski definition) is 5. The Morgan fingerprint density at radius 2 is 1.35 bits per heavy atom. The monoisotopic (exact) mass is 492 g/mol. The van der Waals surface area contributed by atoms with Crippen molar-refractivity contribution >= 4 is 21.8 Å². The average molecular weight is 493 g/mol. The summed E-state index contributed by atoms with van der Waals surface area (Å²) >= 11 is 0. The van der Waals surface area contributed by atoms with Gasteiger partial charge in [-0.1, -0.05) is 38.8 Å². The normalized spacial score (nSPS) is 18.2. The van der Waals surface area contributed by atoms with E-state index in [0.717, 1.165) is 44.6 Å². The quantitative estimate of drug-likeness (QED) is 0.528. The molecule has 0 unspecified atom stereocenters. The third-order valence-corrected chi connectivity index (χ3v) is 9.00. The van der Waals surface area contributed by atoms with E-state index in [1.165, 1.54) is 17.1 Å². The molecule has 0 radical (unpaired) electrons. The van der Waals surface area contributed by atoms with Crippen LogP contribution < -0.4 is 0 Å². The molecule has 0 atom stereocenters. The van der Waals surface area contributed by atoms with Crippen LogP contribution in [0.3, 0.4) is 0 Å². The topological polar surface area (TPSA) is 81.2 Å². The minimum atomic E-state index is -3.46. The van der Waals surface area contributed by atoms with Crippen LogP contribution in [0.4, 0.5) is 0 Å². The van der Waals surface area contributed by atoms with Gasteiger partial charge in [-0.3, -0.25) is 14.5 Å². The van der Waals surface area contributed by atoms with Crippen molar-refractivity contribution in [3.05, 3.63) is 29.8 Å². The van der Waals surface area contributed by atoms with Gasteiger partial charge in [-0.15, -0.1) is 0 Å². The summed E-state index contributed by atoms with van der Waals surface area (Å²) in [4.78, 5) is 31.7. The summed E-state index contributed by atoms with van der Waals surface area (Å²) < 4.78 is 26.7. The lowest BCUT2D eigenvalue weighted by atomic mass is 10.1. The molecule has 2 fully saturated rings. The molecule has 8 nitrogen and oxygen atoms in total. The van der Waals surface area contributed by atoms with E-state index in [2.05, 4.69) is 4.90 Å². The molecule has 34 heavy (non-hydrogen) atoms. The van der Waals surface area contributed by atoms with Crippen LogP contribution in [0.15, 0.2) is 29.2 Å². The first-order chi connectivity index (χ1) is 16.3. The van der Waals surface area contributed by atoms with Gasteiger partial charge in [-0.05, 0) is 37.0 Å². The van der Waals surface area contributed by atoms with E-state index in [4.69, 9.17) is 0 Å². The predicted octanol–water partition coefficient (Wildman–Crippen LogP) is 2.20. The minimum Gasteiger partial charge on any atom is -0.342 e. The van der Waals surface area contributed by atoms with Crippen LogP contribution in [0.5, 0.6) is 0 Å². The molecule has 2 heterocycles. The van der Waals surface area contributed by atoms with Crippen molar-refractivity contribution in [2.24, 2.45) is 0 Å². The highest BCUT2D eigenvalue weighted by molar-refractivity contribution is 7.89. The van der Waals surface area contributed by atoms with Crippen LogP contribution in [0, 0.1) is 0 Å². The van der Waals surface area contributed by atoms with Crippen LogP contribution in [0.2, 0.25) is 0 Å². The Bertz CT molecular complexity index is 899. The van der Waals surface area contributed by atoms with E-state index in [-0.39, 0.29) is 16.7 Å². The van der Waals surface area contributed by atoms with Gasteiger partial charge < -0.3 is 9.80 Å². The number of aryl methyl sites for hydroxylation is 1. The number of rotatable bonds is 9. The fourth-order valence-corrected chi connectivity index (χ4v) is 6.17. The predicted molar refractivity (Wildman–Crippen MR) is 133 cm³/mol. The van der Waals surface area contributed by atoms with Gasteiger partial charge in [-0.2, -0.15) is 4.31 Å². The highest BCUT2D eigenvalue weighted by Crippen LogP contribution is 2.17. The number of piperazine rings is 1. The lowest BCUT2D eigenvalue weighted by Crippen LogP contribution is -2.51. The molecule has 2 saturated heterocycles. The van der Waals surface area contributed by atoms with Gasteiger partial charge in [0.05, 0.1) is 11.4 Å². The Kier molecular flexibility index (Phi) is 9.91. The number of amides is 2. The summed E-state index contributed by atoms with van der Waals surface area (Å²) in [7, 11) is -3.46. The molecule has 0 spiro atoms. The van der Waals surface area contributed by atoms with Gasteiger partial charge in [0.15, 0.2) is 0 Å². The lowest BCUT2D eigenvalue weighted by Gasteiger charge is -2.35. The molecule has 1 aromatic carbocycles. The highest BCUT2D eigenvalue weighted by Gasteiger charge is 2.25. The number of benzene rings is 1. The number of carbonyl (C=O) groups is 2. The van der Waals surface area contributed by atoms with Crippen molar-refractivity contribution in [2.45, 2.75) is 57.3 Å². The van der Waals surface area contributed by atoms with Crippen LogP contribution >= 0.6 is 0 Å². The smallest absolute Gasteiger partial charge is 0.243 e. The molecule has 3 rings (SSSR count). The zero-order valence-electron chi connectivity index (χ0n) is 20.7. The van der Waals surface area contributed by atoms with Gasteiger partial charge in [0, 0.05) is 58.8 Å². The van der Waals surface area contributed by atoms with Crippen molar-refractivity contribution in [3.8, 4) is 0 Å². The Hall–Kier alpha value is -1.97. The van der Waals surface area contributed by atoms with E-state index in [9.17, 15) is 18.0 Å². The van der Waals surface area contributed by atoms with Crippen LogP contribution in [-0.4, -0.2) is 98.1 Å². The largest absolute Gasteiger partial charge is 0.342 e. The molecule has 190 valence electrons. The second-order valence-corrected chi connectivity index (χ2v) is 11.1. The third kappa shape index (κ3) is 7.02. The van der Waals surface area contributed by atoms with Gasteiger partial charge in [-0.25, -0.2) is 8.42 Å². The van der Waals surface area contributed by atoms with Gasteiger partial charge in [0.25, 0.3) is 0 Å². The summed E-state index contributed by atoms with van der Waals surface area (Å²) in [5.74, 6) is 0.325. The second-order valence-electron chi connectivity index (χ2n) is 9.19. The molecule has 1 aromatic rings. The number of carbonyl (C=O) groups excluding carboxylic acids is 2. The first-order valence-corrected chi connectivity index (χ1v) is 14.2. The summed E-state index contributed by atoms with van der Waals surface area (Å²) in [5, 5.41) is 0. The zero-order valence-corrected chi connectivity index (χ0v) is 21.6. The SMILES string of the molecule is CCN(CC)S(=O)(=O)c1ccc(CCC(=O)N2CCN(CC(=O)N3CCCCCC3)CC2)cc1. The molecule has 0 bridgehead atoms. The zero-order chi connectivity index (χ0) is 24.6. The van der Waals surface area contributed by atoms with Crippen LogP contribution in [0.1, 0.15) is 51.5 Å². The second kappa shape index (κ2) is 12.7. The first-order valence-electron chi connectivity index (χ1n) is 12.7. The van der Waals surface area contributed by atoms with E-state index in [0.29, 0.717) is 45.6 Å². The number of sulfonamides is 1. The van der Waals surface area contributed by atoms with Crippen molar-refractivity contribution in [1.29, 1.82) is 0 Å². The molecule has 2 amide bonds. The fraction of sp³-hybridized carbons (Fsp3) is 0.680. The fourth-order valence-electron chi connectivity index (χ4n) is 4.72. The number of nitrogens with zero attached hydrogens (tertiary/aromatic N) is 4. The maximum absolute atomic E-state index is 12.7. The maximum atomic E-state index is 12.7. The number of hydrogen-bond donors (Lipinski definition) is 0. The summed E-state index contributed by atoms with van der Waals surface area (Å²) in [6.07, 6.45) is 5.60. The van der Waals surface area contributed by atoms with Crippen molar-refractivity contribution in [3.63, 3.8) is 0 Å². The van der Waals surface area contributed by atoms with E-state index in [1.807, 2.05) is 23.6 Å². The van der Waals surface area contributed by atoms with E-state index in [1.54, 1.807) is 24.3 Å².